The number of nitrogens with zero attached hydrogens (tertiary/aromatic N) is 3. The number of carbonyl (C=O) groups excluding carboxylic acids is 1. The van der Waals surface area contributed by atoms with E-state index >= 15 is 0 Å². The molecule has 2 N–H and O–H groups in total. The van der Waals surface area contributed by atoms with Gasteiger partial charge in [-0.05, 0) is 19.1 Å². The fourth-order valence-electron chi connectivity index (χ4n) is 2.23. The molecular weight excluding hydrogens is 308 g/mol. The third-order valence-electron chi connectivity index (χ3n) is 3.65. The van der Waals surface area contributed by atoms with Crippen LogP contribution in [0, 0.1) is 17.2 Å². The first kappa shape index (κ1) is 17.2. The molecule has 24 heavy (non-hydrogen) atoms. The number of fused-ring (bicyclic) bond motifs is 1. The van der Waals surface area contributed by atoms with E-state index in [-0.39, 0.29) is 6.54 Å². The van der Waals surface area contributed by atoms with Gasteiger partial charge >= 0.3 is 12.0 Å². The largest absolute Gasteiger partial charge is 0.480 e. The number of nitriles is 1. The van der Waals surface area contributed by atoms with Crippen LogP contribution in [0.1, 0.15) is 12.6 Å². The Bertz CT molecular complexity index is 800. The SMILES string of the molecule is CC(C#N)[C@H](NC(=O)N(C)Cc1ccc2ccccc2n1)C(=O)O. The summed E-state index contributed by atoms with van der Waals surface area (Å²) < 4.78 is 0. The van der Waals surface area contributed by atoms with E-state index in [0.717, 1.165) is 10.9 Å². The molecule has 0 spiro atoms. The summed E-state index contributed by atoms with van der Waals surface area (Å²) in [5.41, 5.74) is 1.51. The number of nitrogens with one attached hydrogen (secondary N) is 1. The number of aliphatic carboxylic acids is 1. The molecule has 1 unspecified atom stereocenters. The Hall–Kier alpha value is -3.14. The number of aromatic nitrogens is 1. The minimum Gasteiger partial charge on any atom is -0.480 e. The lowest BCUT2D eigenvalue weighted by molar-refractivity contribution is -0.140. The Morgan fingerprint density at radius 1 is 1.33 bits per heavy atom. The molecular formula is C17H18N4O3. The number of carbonyl (C=O) groups is 2. The average molecular weight is 326 g/mol. The summed E-state index contributed by atoms with van der Waals surface area (Å²) in [5, 5.41) is 21.3. The normalized spacial score (nSPS) is 12.9. The van der Waals surface area contributed by atoms with E-state index in [1.165, 1.54) is 11.8 Å². The molecule has 0 aliphatic carbocycles. The number of hydrogen-bond donors (Lipinski definition) is 2. The first-order valence-corrected chi connectivity index (χ1v) is 7.41. The Balaban J connectivity index is 2.07. The number of amides is 2. The molecule has 0 bridgehead atoms. The van der Waals surface area contributed by atoms with E-state index in [9.17, 15) is 9.59 Å². The highest BCUT2D eigenvalue weighted by Crippen LogP contribution is 2.13. The monoisotopic (exact) mass is 326 g/mol. The lowest BCUT2D eigenvalue weighted by Crippen LogP contribution is -2.49. The van der Waals surface area contributed by atoms with Crippen LogP contribution in [0.2, 0.25) is 0 Å². The third-order valence-corrected chi connectivity index (χ3v) is 3.65. The second-order valence-corrected chi connectivity index (χ2v) is 5.53. The van der Waals surface area contributed by atoms with Crippen LogP contribution in [-0.2, 0) is 11.3 Å². The highest BCUT2D eigenvalue weighted by Gasteiger charge is 2.27. The van der Waals surface area contributed by atoms with Crippen molar-refractivity contribution >= 4 is 22.9 Å². The molecule has 2 rings (SSSR count). The van der Waals surface area contributed by atoms with Crippen molar-refractivity contribution in [1.29, 1.82) is 5.26 Å². The molecule has 1 aromatic carbocycles. The van der Waals surface area contributed by atoms with E-state index in [1.54, 1.807) is 7.05 Å². The average Bonchev–Trinajstić information content (AvgIpc) is 2.58. The van der Waals surface area contributed by atoms with Crippen molar-refractivity contribution in [2.75, 3.05) is 7.05 Å². The number of carboxylic acid groups (broad SMARTS) is 1. The van der Waals surface area contributed by atoms with Crippen molar-refractivity contribution < 1.29 is 14.7 Å². The van der Waals surface area contributed by atoms with Crippen LogP contribution in [0.25, 0.3) is 10.9 Å². The number of benzene rings is 1. The molecule has 7 heteroatoms. The Kier molecular flexibility index (Phi) is 5.32. The van der Waals surface area contributed by atoms with Crippen LogP contribution in [-0.4, -0.2) is 40.1 Å². The molecule has 0 saturated carbocycles. The zero-order chi connectivity index (χ0) is 17.7. The predicted molar refractivity (Wildman–Crippen MR) is 87.9 cm³/mol. The molecule has 2 atom stereocenters. The number of carboxylic acids is 1. The Labute approximate surface area is 139 Å². The third kappa shape index (κ3) is 3.98. The molecule has 7 nitrogen and oxygen atoms in total. The highest BCUT2D eigenvalue weighted by molar-refractivity contribution is 5.83. The van der Waals surface area contributed by atoms with Gasteiger partial charge in [-0.1, -0.05) is 24.3 Å². The predicted octanol–water partition coefficient (Wildman–Crippen LogP) is 1.99. The Morgan fingerprint density at radius 3 is 2.71 bits per heavy atom. The molecule has 0 radical (unpaired) electrons. The quantitative estimate of drug-likeness (QED) is 0.874. The first-order chi connectivity index (χ1) is 11.4. The van der Waals surface area contributed by atoms with Crippen LogP contribution in [0.5, 0.6) is 0 Å². The summed E-state index contributed by atoms with van der Waals surface area (Å²) in [6, 6.07) is 11.4. The minimum atomic E-state index is -1.26. The van der Waals surface area contributed by atoms with Gasteiger partial charge in [-0.2, -0.15) is 5.26 Å². The standard InChI is InChI=1S/C17H18N4O3/c1-11(9-18)15(16(22)23)20-17(24)21(2)10-13-8-7-12-5-3-4-6-14(12)19-13/h3-8,11,15H,10H2,1-2H3,(H,20,24)(H,22,23)/t11?,15-/m0/s1. The summed E-state index contributed by atoms with van der Waals surface area (Å²) in [4.78, 5) is 29.1. The summed E-state index contributed by atoms with van der Waals surface area (Å²) >= 11 is 0. The fraction of sp³-hybridized carbons (Fsp3) is 0.294. The summed E-state index contributed by atoms with van der Waals surface area (Å²) in [6.45, 7) is 1.67. The van der Waals surface area contributed by atoms with Gasteiger partial charge in [-0.15, -0.1) is 0 Å². The second-order valence-electron chi connectivity index (χ2n) is 5.53. The lowest BCUT2D eigenvalue weighted by atomic mass is 10.0. The van der Waals surface area contributed by atoms with E-state index < -0.39 is 24.0 Å². The number of rotatable bonds is 5. The molecule has 0 aliphatic heterocycles. The van der Waals surface area contributed by atoms with Gasteiger partial charge in [0.1, 0.15) is 6.04 Å². The zero-order valence-corrected chi connectivity index (χ0v) is 13.4. The van der Waals surface area contributed by atoms with E-state index in [1.807, 2.05) is 42.5 Å². The smallest absolute Gasteiger partial charge is 0.327 e. The number of urea groups is 1. The van der Waals surface area contributed by atoms with Crippen LogP contribution in [0.4, 0.5) is 4.79 Å². The van der Waals surface area contributed by atoms with Crippen molar-refractivity contribution in [3.8, 4) is 6.07 Å². The van der Waals surface area contributed by atoms with Gasteiger partial charge in [0, 0.05) is 12.4 Å². The van der Waals surface area contributed by atoms with Gasteiger partial charge < -0.3 is 15.3 Å². The summed E-state index contributed by atoms with van der Waals surface area (Å²) in [6.07, 6.45) is 0. The van der Waals surface area contributed by atoms with Gasteiger partial charge in [-0.3, -0.25) is 4.98 Å². The first-order valence-electron chi connectivity index (χ1n) is 7.41. The van der Waals surface area contributed by atoms with Gasteiger partial charge in [0.05, 0.1) is 29.7 Å². The summed E-state index contributed by atoms with van der Waals surface area (Å²) in [7, 11) is 1.54. The van der Waals surface area contributed by atoms with Crippen molar-refractivity contribution in [2.24, 2.45) is 5.92 Å². The summed E-state index contributed by atoms with van der Waals surface area (Å²) in [5.74, 6) is -2.08. The van der Waals surface area contributed by atoms with Gasteiger partial charge in [0.2, 0.25) is 0 Å². The maximum Gasteiger partial charge on any atom is 0.327 e. The molecule has 1 heterocycles. The minimum absolute atomic E-state index is 0.226. The van der Waals surface area contributed by atoms with Crippen LogP contribution >= 0.6 is 0 Å². The zero-order valence-electron chi connectivity index (χ0n) is 13.4. The molecule has 0 saturated heterocycles. The number of para-hydroxylation sites is 1. The van der Waals surface area contributed by atoms with Crippen molar-refractivity contribution in [2.45, 2.75) is 19.5 Å². The molecule has 0 fully saturated rings. The van der Waals surface area contributed by atoms with Crippen LogP contribution in [0.3, 0.4) is 0 Å². The van der Waals surface area contributed by atoms with Crippen LogP contribution in [0.15, 0.2) is 36.4 Å². The second kappa shape index (κ2) is 7.42. The maximum absolute atomic E-state index is 12.2. The molecule has 124 valence electrons. The van der Waals surface area contributed by atoms with E-state index in [0.29, 0.717) is 5.69 Å². The maximum atomic E-state index is 12.2. The van der Waals surface area contributed by atoms with Gasteiger partial charge in [0.25, 0.3) is 0 Å². The lowest BCUT2D eigenvalue weighted by Gasteiger charge is -2.22. The molecule has 1 aromatic heterocycles. The van der Waals surface area contributed by atoms with Crippen molar-refractivity contribution in [3.05, 3.63) is 42.1 Å². The molecule has 0 aliphatic rings. The van der Waals surface area contributed by atoms with Crippen molar-refractivity contribution in [3.63, 3.8) is 0 Å². The highest BCUT2D eigenvalue weighted by atomic mass is 16.4. The van der Waals surface area contributed by atoms with E-state index in [4.69, 9.17) is 10.4 Å². The van der Waals surface area contributed by atoms with E-state index in [2.05, 4.69) is 10.3 Å². The van der Waals surface area contributed by atoms with Crippen LogP contribution < -0.4 is 5.32 Å². The topological polar surface area (TPSA) is 106 Å². The van der Waals surface area contributed by atoms with Gasteiger partial charge in [-0.25, -0.2) is 9.59 Å². The number of pyridine rings is 1. The molecule has 2 amide bonds. The van der Waals surface area contributed by atoms with Gasteiger partial charge in [0.15, 0.2) is 0 Å². The number of hydrogen-bond acceptors (Lipinski definition) is 4. The fourth-order valence-corrected chi connectivity index (χ4v) is 2.23. The van der Waals surface area contributed by atoms with Crippen molar-refractivity contribution in [1.82, 2.24) is 15.2 Å². The Morgan fingerprint density at radius 2 is 2.04 bits per heavy atom. The molecule has 2 aromatic rings.